The van der Waals surface area contributed by atoms with Crippen molar-refractivity contribution in [3.63, 3.8) is 0 Å². The fraction of sp³-hybridized carbons (Fsp3) is 0.429. The predicted octanol–water partition coefficient (Wildman–Crippen LogP) is 1.23. The molecule has 2 N–H and O–H groups in total. The lowest BCUT2D eigenvalue weighted by atomic mass is 10.1. The number of carbonyl (C=O) groups is 2. The van der Waals surface area contributed by atoms with Crippen LogP contribution < -0.4 is 20.1 Å². The lowest BCUT2D eigenvalue weighted by Crippen LogP contribution is -2.37. The van der Waals surface area contributed by atoms with Crippen LogP contribution in [0, 0.1) is 6.92 Å². The van der Waals surface area contributed by atoms with Crippen LogP contribution in [-0.4, -0.2) is 32.1 Å². The average molecular weight is 278 g/mol. The Bertz CT molecular complexity index is 542. The third-order valence-electron chi connectivity index (χ3n) is 3.30. The Balaban J connectivity index is 2.16. The van der Waals surface area contributed by atoms with Crippen molar-refractivity contribution in [1.29, 1.82) is 0 Å². The summed E-state index contributed by atoms with van der Waals surface area (Å²) in [5.41, 5.74) is 1.51. The number of hydrogen-bond acceptors (Lipinski definition) is 4. The molecule has 1 aromatic rings. The van der Waals surface area contributed by atoms with Crippen molar-refractivity contribution in [2.75, 3.05) is 19.5 Å². The number of methoxy groups -OCH3 is 2. The number of anilines is 1. The van der Waals surface area contributed by atoms with Crippen molar-refractivity contribution in [2.45, 2.75) is 25.8 Å². The molecule has 0 radical (unpaired) electrons. The molecule has 2 rings (SSSR count). The highest BCUT2D eigenvalue weighted by atomic mass is 16.5. The smallest absolute Gasteiger partial charge is 0.246 e. The van der Waals surface area contributed by atoms with Crippen molar-refractivity contribution in [3.8, 4) is 11.5 Å². The summed E-state index contributed by atoms with van der Waals surface area (Å²) in [6, 6.07) is 3.04. The summed E-state index contributed by atoms with van der Waals surface area (Å²) in [5, 5.41) is 5.45. The van der Waals surface area contributed by atoms with Crippen LogP contribution in [0.25, 0.3) is 0 Å². The van der Waals surface area contributed by atoms with Gasteiger partial charge in [-0.1, -0.05) is 0 Å². The first-order valence-corrected chi connectivity index (χ1v) is 6.38. The van der Waals surface area contributed by atoms with E-state index in [1.54, 1.807) is 19.2 Å². The van der Waals surface area contributed by atoms with Gasteiger partial charge in [0.05, 0.1) is 14.2 Å². The van der Waals surface area contributed by atoms with Gasteiger partial charge in [-0.05, 0) is 25.0 Å². The number of hydrogen-bond donors (Lipinski definition) is 2. The minimum atomic E-state index is -0.463. The second-order valence-electron chi connectivity index (χ2n) is 4.67. The molecule has 1 heterocycles. The van der Waals surface area contributed by atoms with E-state index in [1.807, 2.05) is 6.92 Å². The molecule has 1 unspecified atom stereocenters. The molecule has 108 valence electrons. The largest absolute Gasteiger partial charge is 0.493 e. The van der Waals surface area contributed by atoms with E-state index in [9.17, 15) is 9.59 Å². The zero-order valence-corrected chi connectivity index (χ0v) is 11.8. The number of ether oxygens (including phenoxy) is 2. The molecule has 1 aromatic carbocycles. The molecule has 6 nitrogen and oxygen atoms in total. The monoisotopic (exact) mass is 278 g/mol. The minimum Gasteiger partial charge on any atom is -0.493 e. The van der Waals surface area contributed by atoms with Gasteiger partial charge < -0.3 is 20.1 Å². The van der Waals surface area contributed by atoms with E-state index in [0.717, 1.165) is 5.56 Å². The topological polar surface area (TPSA) is 76.7 Å². The van der Waals surface area contributed by atoms with Gasteiger partial charge in [0, 0.05) is 18.2 Å². The minimum absolute atomic E-state index is 0.0887. The normalized spacial score (nSPS) is 17.6. The Labute approximate surface area is 117 Å². The Kier molecular flexibility index (Phi) is 4.12. The first kappa shape index (κ1) is 14.2. The maximum atomic E-state index is 12.1. The second kappa shape index (κ2) is 5.81. The highest BCUT2D eigenvalue weighted by Gasteiger charge is 2.27. The standard InChI is InChI=1S/C14H18N2O4/c1-8-6-11(19-2)12(20-3)7-10(8)16-14(18)9-4-5-13(17)15-9/h6-7,9H,4-5H2,1-3H3,(H,15,17)(H,16,18). The van der Waals surface area contributed by atoms with E-state index in [4.69, 9.17) is 9.47 Å². The summed E-state index contributed by atoms with van der Waals surface area (Å²) in [5.74, 6) is 0.848. The summed E-state index contributed by atoms with van der Waals surface area (Å²) in [4.78, 5) is 23.2. The molecule has 1 saturated heterocycles. The van der Waals surface area contributed by atoms with Crippen molar-refractivity contribution in [3.05, 3.63) is 17.7 Å². The molecule has 1 aliphatic heterocycles. The molecule has 2 amide bonds. The van der Waals surface area contributed by atoms with Crippen LogP contribution in [0.5, 0.6) is 11.5 Å². The first-order chi connectivity index (χ1) is 9.55. The fourth-order valence-corrected chi connectivity index (χ4v) is 2.15. The van der Waals surface area contributed by atoms with Gasteiger partial charge in [0.25, 0.3) is 0 Å². The molecule has 0 saturated carbocycles. The van der Waals surface area contributed by atoms with E-state index in [1.165, 1.54) is 7.11 Å². The quantitative estimate of drug-likeness (QED) is 0.868. The molecule has 6 heteroatoms. The van der Waals surface area contributed by atoms with Gasteiger partial charge in [0.2, 0.25) is 11.8 Å². The van der Waals surface area contributed by atoms with Crippen LogP contribution in [0.2, 0.25) is 0 Å². The number of benzene rings is 1. The molecule has 1 atom stereocenters. The molecular formula is C14H18N2O4. The first-order valence-electron chi connectivity index (χ1n) is 6.38. The van der Waals surface area contributed by atoms with Gasteiger partial charge in [-0.15, -0.1) is 0 Å². The van der Waals surface area contributed by atoms with Crippen LogP contribution in [0.1, 0.15) is 18.4 Å². The van der Waals surface area contributed by atoms with Gasteiger partial charge in [-0.25, -0.2) is 0 Å². The van der Waals surface area contributed by atoms with Crippen LogP contribution in [0.4, 0.5) is 5.69 Å². The van der Waals surface area contributed by atoms with Crippen molar-refractivity contribution >= 4 is 17.5 Å². The highest BCUT2D eigenvalue weighted by Crippen LogP contribution is 2.33. The van der Waals surface area contributed by atoms with E-state index in [0.29, 0.717) is 30.0 Å². The Morgan fingerprint density at radius 3 is 2.50 bits per heavy atom. The molecule has 1 fully saturated rings. The van der Waals surface area contributed by atoms with Crippen molar-refractivity contribution in [1.82, 2.24) is 5.32 Å². The van der Waals surface area contributed by atoms with Crippen molar-refractivity contribution in [2.24, 2.45) is 0 Å². The summed E-state index contributed by atoms with van der Waals surface area (Å²) in [7, 11) is 3.10. The van der Waals surface area contributed by atoms with E-state index < -0.39 is 6.04 Å². The molecule has 0 bridgehead atoms. The molecular weight excluding hydrogens is 260 g/mol. The van der Waals surface area contributed by atoms with Gasteiger partial charge in [0.1, 0.15) is 6.04 Å². The van der Waals surface area contributed by atoms with Gasteiger partial charge in [0.15, 0.2) is 11.5 Å². The summed E-state index contributed by atoms with van der Waals surface area (Å²) in [6.45, 7) is 1.87. The molecule has 20 heavy (non-hydrogen) atoms. The van der Waals surface area contributed by atoms with Crippen LogP contribution in [0.15, 0.2) is 12.1 Å². The number of nitrogens with one attached hydrogen (secondary N) is 2. The number of rotatable bonds is 4. The molecule has 0 aromatic heterocycles. The number of aryl methyl sites for hydroxylation is 1. The third kappa shape index (κ3) is 2.84. The fourth-order valence-electron chi connectivity index (χ4n) is 2.15. The Morgan fingerprint density at radius 1 is 1.30 bits per heavy atom. The number of carbonyl (C=O) groups excluding carboxylic acids is 2. The third-order valence-corrected chi connectivity index (χ3v) is 3.30. The lowest BCUT2D eigenvalue weighted by molar-refractivity contribution is -0.122. The van der Waals surface area contributed by atoms with Crippen molar-refractivity contribution < 1.29 is 19.1 Å². The lowest BCUT2D eigenvalue weighted by Gasteiger charge is -2.15. The van der Waals surface area contributed by atoms with Crippen LogP contribution in [0.3, 0.4) is 0 Å². The summed E-state index contributed by atoms with van der Waals surface area (Å²) in [6.07, 6.45) is 0.917. The Morgan fingerprint density at radius 2 is 1.95 bits per heavy atom. The zero-order chi connectivity index (χ0) is 14.7. The average Bonchev–Trinajstić information content (AvgIpc) is 2.87. The van der Waals surface area contributed by atoms with Crippen LogP contribution in [-0.2, 0) is 9.59 Å². The summed E-state index contributed by atoms with van der Waals surface area (Å²) < 4.78 is 10.4. The molecule has 0 aliphatic carbocycles. The highest BCUT2D eigenvalue weighted by molar-refractivity contribution is 5.99. The van der Waals surface area contributed by atoms with Gasteiger partial charge in [-0.3, -0.25) is 9.59 Å². The number of amides is 2. The maximum Gasteiger partial charge on any atom is 0.246 e. The van der Waals surface area contributed by atoms with E-state index >= 15 is 0 Å². The summed E-state index contributed by atoms with van der Waals surface area (Å²) >= 11 is 0. The van der Waals surface area contributed by atoms with Crippen LogP contribution >= 0.6 is 0 Å². The second-order valence-corrected chi connectivity index (χ2v) is 4.67. The van der Waals surface area contributed by atoms with Gasteiger partial charge >= 0.3 is 0 Å². The van der Waals surface area contributed by atoms with Gasteiger partial charge in [-0.2, -0.15) is 0 Å². The Hall–Kier alpha value is -2.24. The zero-order valence-electron chi connectivity index (χ0n) is 11.8. The SMILES string of the molecule is COc1cc(C)c(NC(=O)C2CCC(=O)N2)cc1OC. The van der Waals surface area contributed by atoms with E-state index in [-0.39, 0.29) is 11.8 Å². The predicted molar refractivity (Wildman–Crippen MR) is 74.1 cm³/mol. The van der Waals surface area contributed by atoms with E-state index in [2.05, 4.69) is 10.6 Å². The molecule has 0 spiro atoms. The molecule has 1 aliphatic rings. The maximum absolute atomic E-state index is 12.1.